The van der Waals surface area contributed by atoms with Crippen molar-refractivity contribution in [2.45, 2.75) is 27.3 Å². The molecule has 1 N–H and O–H groups in total. The fourth-order valence-electron chi connectivity index (χ4n) is 2.91. The number of phenols is 1. The Hall–Kier alpha value is -4.05. The lowest BCUT2D eigenvalue weighted by Gasteiger charge is -2.24. The van der Waals surface area contributed by atoms with Crippen LogP contribution in [0.25, 0.3) is 6.08 Å². The van der Waals surface area contributed by atoms with Crippen LogP contribution < -0.4 is 4.90 Å². The molecule has 0 saturated carbocycles. The van der Waals surface area contributed by atoms with Crippen molar-refractivity contribution in [1.82, 2.24) is 0 Å². The number of benzene rings is 2. The van der Waals surface area contributed by atoms with Gasteiger partial charge in [0.1, 0.15) is 30.6 Å². The Morgan fingerprint density at radius 1 is 1.12 bits per heavy atom. The smallest absolute Gasteiger partial charge is 0.349 e. The Bertz CT molecular complexity index is 1080. The summed E-state index contributed by atoms with van der Waals surface area (Å²) < 4.78 is 9.80. The summed E-state index contributed by atoms with van der Waals surface area (Å²) in [5.41, 5.74) is 3.42. The van der Waals surface area contributed by atoms with Gasteiger partial charge < -0.3 is 19.5 Å². The lowest BCUT2D eigenvalue weighted by molar-refractivity contribution is -0.147. The number of aromatic hydroxyl groups is 1. The fourth-order valence-corrected chi connectivity index (χ4v) is 2.91. The van der Waals surface area contributed by atoms with Gasteiger partial charge in [0.25, 0.3) is 0 Å². The van der Waals surface area contributed by atoms with Crippen molar-refractivity contribution in [3.63, 3.8) is 0 Å². The average Bonchev–Trinajstić information content (AvgIpc) is 2.80. The molecule has 0 aliphatic rings. The van der Waals surface area contributed by atoms with Gasteiger partial charge in [-0.3, -0.25) is 0 Å². The molecule has 2 aromatic rings. The van der Waals surface area contributed by atoms with Crippen molar-refractivity contribution in [2.24, 2.45) is 0 Å². The number of hydrogen-bond acceptors (Lipinski definition) is 7. The molecule has 172 valence electrons. The fraction of sp³-hybridized carbons (Fsp3) is 0.269. The van der Waals surface area contributed by atoms with E-state index in [9.17, 15) is 20.0 Å². The SMILES string of the molecule is C=C(C)C(=O)OCCOC(=O)/C(C#N)=C/c1ccc(N(CC)Cc2ccc(C)cc2)cc1O. The molecule has 0 radical (unpaired) electrons. The molecule has 0 atom stereocenters. The van der Waals surface area contributed by atoms with E-state index in [1.54, 1.807) is 18.2 Å². The van der Waals surface area contributed by atoms with Crippen LogP contribution in [0.3, 0.4) is 0 Å². The summed E-state index contributed by atoms with van der Waals surface area (Å²) in [6, 6.07) is 15.1. The van der Waals surface area contributed by atoms with Crippen LogP contribution in [0.2, 0.25) is 0 Å². The van der Waals surface area contributed by atoms with E-state index in [0.717, 1.165) is 17.8 Å². The van der Waals surface area contributed by atoms with E-state index in [2.05, 4.69) is 35.7 Å². The van der Waals surface area contributed by atoms with Gasteiger partial charge in [0.05, 0.1) is 0 Å². The number of nitriles is 1. The van der Waals surface area contributed by atoms with Gasteiger partial charge in [0.2, 0.25) is 0 Å². The van der Waals surface area contributed by atoms with Crippen molar-refractivity contribution in [3.8, 4) is 11.8 Å². The maximum Gasteiger partial charge on any atom is 0.349 e. The molecule has 0 bridgehead atoms. The summed E-state index contributed by atoms with van der Waals surface area (Å²) in [7, 11) is 0. The van der Waals surface area contributed by atoms with Gasteiger partial charge in [-0.25, -0.2) is 9.59 Å². The molecule has 0 aliphatic carbocycles. The summed E-state index contributed by atoms with van der Waals surface area (Å²) in [5.74, 6) is -1.52. The summed E-state index contributed by atoms with van der Waals surface area (Å²) in [6.07, 6.45) is 1.26. The van der Waals surface area contributed by atoms with Crippen molar-refractivity contribution < 1.29 is 24.2 Å². The number of rotatable bonds is 10. The molecule has 0 saturated heterocycles. The zero-order valence-electron chi connectivity index (χ0n) is 19.1. The van der Waals surface area contributed by atoms with Gasteiger partial charge in [0, 0.05) is 36.0 Å². The van der Waals surface area contributed by atoms with Crippen LogP contribution >= 0.6 is 0 Å². The van der Waals surface area contributed by atoms with Gasteiger partial charge in [-0.15, -0.1) is 0 Å². The van der Waals surface area contributed by atoms with E-state index in [4.69, 9.17) is 9.47 Å². The third-order valence-corrected chi connectivity index (χ3v) is 4.79. The Balaban J connectivity index is 2.07. The van der Waals surface area contributed by atoms with E-state index < -0.39 is 11.9 Å². The van der Waals surface area contributed by atoms with Crippen LogP contribution in [0, 0.1) is 18.3 Å². The molecule has 0 heterocycles. The molecular weight excluding hydrogens is 420 g/mol. The first-order valence-electron chi connectivity index (χ1n) is 10.5. The van der Waals surface area contributed by atoms with E-state index in [0.29, 0.717) is 12.1 Å². The second-order valence-electron chi connectivity index (χ2n) is 7.46. The molecule has 2 aromatic carbocycles. The number of carbonyl (C=O) groups is 2. The minimum absolute atomic E-state index is 0.0641. The largest absolute Gasteiger partial charge is 0.507 e. The number of ether oxygens (including phenoxy) is 2. The molecule has 2 rings (SSSR count). The third-order valence-electron chi connectivity index (χ3n) is 4.79. The van der Waals surface area contributed by atoms with Gasteiger partial charge in [-0.2, -0.15) is 5.26 Å². The Kier molecular flexibility index (Phi) is 9.25. The standard InChI is InChI=1S/C26H28N2O5/c1-5-28(17-20-8-6-19(4)7-9-20)23-11-10-21(24(29)15-23)14-22(16-27)26(31)33-13-12-32-25(30)18(2)3/h6-11,14-15,29H,2,5,12-13,17H2,1,3-4H3/b22-14+. The number of nitrogens with zero attached hydrogens (tertiary/aromatic N) is 2. The number of aryl methyl sites for hydroxylation is 1. The minimum atomic E-state index is -0.873. The van der Waals surface area contributed by atoms with Gasteiger partial charge >= 0.3 is 11.9 Å². The van der Waals surface area contributed by atoms with E-state index >= 15 is 0 Å². The van der Waals surface area contributed by atoms with Gasteiger partial charge in [-0.1, -0.05) is 36.4 Å². The first-order chi connectivity index (χ1) is 15.7. The second kappa shape index (κ2) is 12.1. The highest BCUT2D eigenvalue weighted by Crippen LogP contribution is 2.27. The molecule has 0 unspecified atom stereocenters. The van der Waals surface area contributed by atoms with Crippen LogP contribution in [0.15, 0.2) is 60.2 Å². The number of phenolic OH excluding ortho intramolecular Hbond substituents is 1. The molecule has 33 heavy (non-hydrogen) atoms. The Morgan fingerprint density at radius 3 is 2.30 bits per heavy atom. The van der Waals surface area contributed by atoms with Gasteiger partial charge in [-0.05, 0) is 44.5 Å². The highest BCUT2D eigenvalue weighted by atomic mass is 16.6. The van der Waals surface area contributed by atoms with E-state index in [-0.39, 0.29) is 30.1 Å². The molecule has 0 aliphatic heterocycles. The Morgan fingerprint density at radius 2 is 1.76 bits per heavy atom. The monoisotopic (exact) mass is 448 g/mol. The van der Waals surface area contributed by atoms with E-state index in [1.165, 1.54) is 18.6 Å². The summed E-state index contributed by atoms with van der Waals surface area (Å²) in [6.45, 7) is 10.1. The maximum absolute atomic E-state index is 12.2. The van der Waals surface area contributed by atoms with Crippen LogP contribution in [0.4, 0.5) is 5.69 Å². The molecule has 0 aromatic heterocycles. The first-order valence-corrected chi connectivity index (χ1v) is 10.5. The van der Waals surface area contributed by atoms with Gasteiger partial charge in [0.15, 0.2) is 0 Å². The summed E-state index contributed by atoms with van der Waals surface area (Å²) in [5, 5.41) is 19.8. The first kappa shape index (κ1) is 25.2. The highest BCUT2D eigenvalue weighted by Gasteiger charge is 2.14. The predicted octanol–water partition coefficient (Wildman–Crippen LogP) is 4.30. The average molecular weight is 449 g/mol. The lowest BCUT2D eigenvalue weighted by Crippen LogP contribution is -2.21. The van der Waals surface area contributed by atoms with Crippen molar-refractivity contribution >= 4 is 23.7 Å². The maximum atomic E-state index is 12.2. The molecule has 7 heteroatoms. The molecule has 7 nitrogen and oxygen atoms in total. The quantitative estimate of drug-likeness (QED) is 0.250. The molecular formula is C26H28N2O5. The van der Waals surface area contributed by atoms with Crippen molar-refractivity contribution in [3.05, 3.63) is 76.9 Å². The highest BCUT2D eigenvalue weighted by molar-refractivity contribution is 5.98. The Labute approximate surface area is 194 Å². The summed E-state index contributed by atoms with van der Waals surface area (Å²) in [4.78, 5) is 25.6. The predicted molar refractivity (Wildman–Crippen MR) is 126 cm³/mol. The zero-order valence-corrected chi connectivity index (χ0v) is 19.1. The molecule has 0 spiro atoms. The summed E-state index contributed by atoms with van der Waals surface area (Å²) >= 11 is 0. The van der Waals surface area contributed by atoms with Crippen molar-refractivity contribution in [1.29, 1.82) is 5.26 Å². The van der Waals surface area contributed by atoms with Crippen LogP contribution in [0.1, 0.15) is 30.5 Å². The third kappa shape index (κ3) is 7.54. The van der Waals surface area contributed by atoms with Crippen LogP contribution in [-0.4, -0.2) is 36.8 Å². The van der Waals surface area contributed by atoms with Crippen molar-refractivity contribution in [2.75, 3.05) is 24.7 Å². The second-order valence-corrected chi connectivity index (χ2v) is 7.46. The topological polar surface area (TPSA) is 99.9 Å². The van der Waals surface area contributed by atoms with Crippen LogP contribution in [0.5, 0.6) is 5.75 Å². The van der Waals surface area contributed by atoms with Crippen LogP contribution in [-0.2, 0) is 25.6 Å². The number of esters is 2. The molecule has 0 amide bonds. The lowest BCUT2D eigenvalue weighted by atomic mass is 10.1. The minimum Gasteiger partial charge on any atom is -0.507 e. The number of carbonyl (C=O) groups excluding carboxylic acids is 2. The molecule has 0 fully saturated rings. The number of hydrogen-bond donors (Lipinski definition) is 1. The van der Waals surface area contributed by atoms with E-state index in [1.807, 2.05) is 19.9 Å². The normalized spacial score (nSPS) is 10.8. The zero-order chi connectivity index (χ0) is 24.4. The number of anilines is 1.